The summed E-state index contributed by atoms with van der Waals surface area (Å²) >= 11 is 3.35. The van der Waals surface area contributed by atoms with Crippen molar-refractivity contribution in [2.75, 3.05) is 11.7 Å². The summed E-state index contributed by atoms with van der Waals surface area (Å²) < 4.78 is 41.0. The van der Waals surface area contributed by atoms with Crippen LogP contribution in [0.15, 0.2) is 94.3 Å². The van der Waals surface area contributed by atoms with Crippen molar-refractivity contribution in [1.82, 2.24) is 4.31 Å². The van der Waals surface area contributed by atoms with E-state index in [-0.39, 0.29) is 24.7 Å². The van der Waals surface area contributed by atoms with Gasteiger partial charge in [-0.1, -0.05) is 52.3 Å². The second-order valence-electron chi connectivity index (χ2n) is 9.01. The number of carbonyl (C=O) groups is 2. The van der Waals surface area contributed by atoms with Gasteiger partial charge >= 0.3 is 0 Å². The van der Waals surface area contributed by atoms with E-state index in [9.17, 15) is 18.0 Å². The average molecular weight is 593 g/mol. The summed E-state index contributed by atoms with van der Waals surface area (Å²) in [6, 6.07) is 22.9. The number of ether oxygens (including phenoxy) is 2. The minimum absolute atomic E-state index is 0.0410. The molecule has 4 aromatic rings. The van der Waals surface area contributed by atoms with Crippen LogP contribution >= 0.6 is 15.9 Å². The van der Waals surface area contributed by atoms with Gasteiger partial charge in [-0.25, -0.2) is 13.3 Å². The molecule has 0 saturated carbocycles. The molecule has 1 fully saturated rings. The number of sulfonamides is 1. The van der Waals surface area contributed by atoms with Gasteiger partial charge in [-0.3, -0.25) is 9.59 Å². The van der Waals surface area contributed by atoms with E-state index in [4.69, 9.17) is 9.47 Å². The van der Waals surface area contributed by atoms with E-state index >= 15 is 0 Å². The number of benzene rings is 4. The molecule has 0 aliphatic carbocycles. The molecule has 1 saturated heterocycles. The van der Waals surface area contributed by atoms with Crippen LogP contribution in [0.4, 0.5) is 5.69 Å². The lowest BCUT2D eigenvalue weighted by molar-refractivity contribution is -0.122. The highest BCUT2D eigenvalue weighted by atomic mass is 79.9. The molecule has 0 bridgehead atoms. The highest BCUT2D eigenvalue weighted by Crippen LogP contribution is 2.36. The van der Waals surface area contributed by atoms with Crippen LogP contribution in [0.3, 0.4) is 0 Å². The third-order valence-electron chi connectivity index (χ3n) is 6.66. The maximum atomic E-state index is 14.1. The SMILES string of the molecule is O=C1CC(N(Cc2ccc3c(c2)OCO3)S(=O)(=O)c2ccc3ccccc3c2)C(=O)N1c1ccc(Br)cc1. The highest BCUT2D eigenvalue weighted by molar-refractivity contribution is 9.10. The van der Waals surface area contributed by atoms with Gasteiger partial charge in [0.05, 0.1) is 17.0 Å². The standard InChI is InChI=1S/C28H21BrN2O6S/c29-21-7-9-22(10-8-21)31-27(32)15-24(28(31)33)30(16-18-5-12-25-26(13-18)37-17-36-25)38(34,35)23-11-6-19-3-1-2-4-20(19)14-23/h1-14,24H,15-17H2. The maximum Gasteiger partial charge on any atom is 0.252 e. The number of carbonyl (C=O) groups excluding carboxylic acids is 2. The van der Waals surface area contributed by atoms with Gasteiger partial charge in [0.2, 0.25) is 22.7 Å². The van der Waals surface area contributed by atoms with Crippen molar-refractivity contribution in [3.63, 3.8) is 0 Å². The molecule has 0 radical (unpaired) electrons. The normalized spacial score (nSPS) is 17.1. The van der Waals surface area contributed by atoms with Crippen LogP contribution in [0, 0.1) is 0 Å². The predicted molar refractivity (Wildman–Crippen MR) is 144 cm³/mol. The molecule has 2 heterocycles. The van der Waals surface area contributed by atoms with Gasteiger partial charge in [0, 0.05) is 11.0 Å². The number of imide groups is 1. The molecule has 0 aromatic heterocycles. The molecule has 0 N–H and O–H groups in total. The van der Waals surface area contributed by atoms with Crippen LogP contribution in [-0.4, -0.2) is 37.4 Å². The number of amides is 2. The molecule has 1 unspecified atom stereocenters. The lowest BCUT2D eigenvalue weighted by Gasteiger charge is -2.27. The van der Waals surface area contributed by atoms with Gasteiger partial charge in [0.1, 0.15) is 6.04 Å². The smallest absolute Gasteiger partial charge is 0.252 e. The minimum atomic E-state index is -4.20. The van der Waals surface area contributed by atoms with Crippen molar-refractivity contribution in [2.45, 2.75) is 23.9 Å². The Balaban J connectivity index is 1.42. The Morgan fingerprint density at radius 2 is 1.61 bits per heavy atom. The molecule has 4 aromatic carbocycles. The molecular weight excluding hydrogens is 572 g/mol. The first-order valence-corrected chi connectivity index (χ1v) is 14.1. The van der Waals surface area contributed by atoms with Gasteiger partial charge in [0.25, 0.3) is 5.91 Å². The Kier molecular flexibility index (Phi) is 6.17. The summed E-state index contributed by atoms with van der Waals surface area (Å²) in [5.41, 5.74) is 0.984. The van der Waals surface area contributed by atoms with Crippen molar-refractivity contribution < 1.29 is 27.5 Å². The zero-order valence-corrected chi connectivity index (χ0v) is 22.3. The van der Waals surface area contributed by atoms with Gasteiger partial charge in [0.15, 0.2) is 11.5 Å². The lowest BCUT2D eigenvalue weighted by atomic mass is 10.1. The summed E-state index contributed by atoms with van der Waals surface area (Å²) in [7, 11) is -4.20. The molecule has 2 aliphatic heterocycles. The third-order valence-corrected chi connectivity index (χ3v) is 9.04. The molecule has 1 atom stereocenters. The number of hydrogen-bond acceptors (Lipinski definition) is 6. The Labute approximate surface area is 227 Å². The Bertz CT molecular complexity index is 1690. The third kappa shape index (κ3) is 4.34. The molecule has 8 nitrogen and oxygen atoms in total. The zero-order chi connectivity index (χ0) is 26.4. The van der Waals surface area contributed by atoms with Crippen molar-refractivity contribution in [3.05, 3.63) is 95.0 Å². The minimum Gasteiger partial charge on any atom is -0.454 e. The first kappa shape index (κ1) is 24.6. The molecule has 38 heavy (non-hydrogen) atoms. The average Bonchev–Trinajstić information content (AvgIpc) is 3.50. The largest absolute Gasteiger partial charge is 0.454 e. The molecule has 2 amide bonds. The molecule has 6 rings (SSSR count). The van der Waals surface area contributed by atoms with Crippen LogP contribution in [0.2, 0.25) is 0 Å². The fraction of sp³-hybridized carbons (Fsp3) is 0.143. The monoisotopic (exact) mass is 592 g/mol. The van der Waals surface area contributed by atoms with E-state index in [2.05, 4.69) is 15.9 Å². The summed E-state index contributed by atoms with van der Waals surface area (Å²) in [5, 5.41) is 1.64. The molecular formula is C28H21BrN2O6S. The van der Waals surface area contributed by atoms with E-state index in [1.165, 1.54) is 6.07 Å². The maximum absolute atomic E-state index is 14.1. The topological polar surface area (TPSA) is 93.2 Å². The van der Waals surface area contributed by atoms with Crippen LogP contribution in [-0.2, 0) is 26.2 Å². The van der Waals surface area contributed by atoms with E-state index < -0.39 is 27.9 Å². The molecule has 2 aliphatic rings. The van der Waals surface area contributed by atoms with E-state index in [0.717, 1.165) is 24.5 Å². The van der Waals surface area contributed by atoms with Crippen molar-refractivity contribution in [1.29, 1.82) is 0 Å². The van der Waals surface area contributed by atoms with Gasteiger partial charge in [-0.05, 0) is 64.9 Å². The number of halogens is 1. The van der Waals surface area contributed by atoms with Crippen LogP contribution in [0.25, 0.3) is 10.8 Å². The van der Waals surface area contributed by atoms with Crippen molar-refractivity contribution in [2.24, 2.45) is 0 Å². The molecule has 10 heteroatoms. The van der Waals surface area contributed by atoms with Crippen LogP contribution in [0.5, 0.6) is 11.5 Å². The first-order chi connectivity index (χ1) is 18.3. The zero-order valence-electron chi connectivity index (χ0n) is 19.9. The number of anilines is 1. The fourth-order valence-corrected chi connectivity index (χ4v) is 6.62. The highest BCUT2D eigenvalue weighted by Gasteiger charge is 2.47. The summed E-state index contributed by atoms with van der Waals surface area (Å²) in [4.78, 5) is 27.8. The Morgan fingerprint density at radius 1 is 0.868 bits per heavy atom. The second kappa shape index (κ2) is 9.54. The van der Waals surface area contributed by atoms with E-state index in [1.54, 1.807) is 54.6 Å². The summed E-state index contributed by atoms with van der Waals surface area (Å²) in [5.74, 6) is -0.00348. The number of rotatable bonds is 6. The van der Waals surface area contributed by atoms with Crippen LogP contribution in [0.1, 0.15) is 12.0 Å². The summed E-state index contributed by atoms with van der Waals surface area (Å²) in [6.07, 6.45) is -0.272. The summed E-state index contributed by atoms with van der Waals surface area (Å²) in [6.45, 7) is -0.0562. The number of fused-ring (bicyclic) bond motifs is 2. The van der Waals surface area contributed by atoms with E-state index in [0.29, 0.717) is 22.7 Å². The van der Waals surface area contributed by atoms with Crippen molar-refractivity contribution in [3.8, 4) is 11.5 Å². The molecule has 192 valence electrons. The number of nitrogens with zero attached hydrogens (tertiary/aromatic N) is 2. The van der Waals surface area contributed by atoms with Crippen molar-refractivity contribution >= 4 is 54.2 Å². The quantitative estimate of drug-likeness (QED) is 0.297. The van der Waals surface area contributed by atoms with Gasteiger partial charge in [-0.15, -0.1) is 0 Å². The van der Waals surface area contributed by atoms with Gasteiger partial charge < -0.3 is 9.47 Å². The number of hydrogen-bond donors (Lipinski definition) is 0. The fourth-order valence-electron chi connectivity index (χ4n) is 4.75. The van der Waals surface area contributed by atoms with E-state index in [1.807, 2.05) is 24.3 Å². The van der Waals surface area contributed by atoms with Gasteiger partial charge in [-0.2, -0.15) is 4.31 Å². The lowest BCUT2D eigenvalue weighted by Crippen LogP contribution is -2.45. The molecule has 0 spiro atoms. The predicted octanol–water partition coefficient (Wildman–Crippen LogP) is 4.85. The first-order valence-electron chi connectivity index (χ1n) is 11.8. The van der Waals surface area contributed by atoms with Crippen LogP contribution < -0.4 is 14.4 Å². The second-order valence-corrected chi connectivity index (χ2v) is 11.8. The Morgan fingerprint density at radius 3 is 2.39 bits per heavy atom. The Hall–Kier alpha value is -3.73.